The Labute approximate surface area is 89.6 Å². The first-order valence-electron chi connectivity index (χ1n) is 5.42. The van der Waals surface area contributed by atoms with Crippen molar-refractivity contribution in [1.29, 1.82) is 0 Å². The molecule has 3 heteroatoms. The van der Waals surface area contributed by atoms with Gasteiger partial charge in [0.05, 0.1) is 12.6 Å². The van der Waals surface area contributed by atoms with E-state index in [4.69, 9.17) is 9.57 Å². The highest BCUT2D eigenvalue weighted by molar-refractivity contribution is 5.20. The van der Waals surface area contributed by atoms with Gasteiger partial charge in [-0.25, -0.2) is 0 Å². The van der Waals surface area contributed by atoms with E-state index in [1.807, 2.05) is 18.2 Å². The van der Waals surface area contributed by atoms with E-state index in [0.29, 0.717) is 12.0 Å². The molecule has 0 aromatic heterocycles. The lowest BCUT2D eigenvalue weighted by Gasteiger charge is -2.21. The summed E-state index contributed by atoms with van der Waals surface area (Å²) in [6.07, 6.45) is 1.06. The second kappa shape index (κ2) is 3.59. The second-order valence-electron chi connectivity index (χ2n) is 4.20. The number of hydrogen-bond acceptors (Lipinski definition) is 3. The number of rotatable bonds is 1. The normalized spacial score (nSPS) is 35.7. The van der Waals surface area contributed by atoms with Crippen LogP contribution in [0.2, 0.25) is 0 Å². The van der Waals surface area contributed by atoms with E-state index in [0.717, 1.165) is 13.0 Å². The third kappa shape index (κ3) is 1.47. The lowest BCUT2D eigenvalue weighted by Crippen LogP contribution is -2.20. The van der Waals surface area contributed by atoms with Crippen LogP contribution in [0.1, 0.15) is 18.0 Å². The molecular formula is C12H15NO2. The second-order valence-corrected chi connectivity index (χ2v) is 4.20. The molecule has 2 aliphatic rings. The first kappa shape index (κ1) is 9.33. The van der Waals surface area contributed by atoms with Crippen molar-refractivity contribution in [3.63, 3.8) is 0 Å². The van der Waals surface area contributed by atoms with Crippen molar-refractivity contribution in [2.24, 2.45) is 5.92 Å². The van der Waals surface area contributed by atoms with Gasteiger partial charge < -0.3 is 4.74 Å². The van der Waals surface area contributed by atoms with Gasteiger partial charge >= 0.3 is 0 Å². The Morgan fingerprint density at radius 3 is 2.87 bits per heavy atom. The predicted molar refractivity (Wildman–Crippen MR) is 55.9 cm³/mol. The minimum atomic E-state index is -0.0276. The van der Waals surface area contributed by atoms with Gasteiger partial charge in [0.1, 0.15) is 0 Å². The average Bonchev–Trinajstić information content (AvgIpc) is 2.78. The van der Waals surface area contributed by atoms with Crippen molar-refractivity contribution in [1.82, 2.24) is 5.06 Å². The van der Waals surface area contributed by atoms with Crippen LogP contribution in [0.25, 0.3) is 0 Å². The fourth-order valence-corrected chi connectivity index (χ4v) is 2.60. The van der Waals surface area contributed by atoms with Crippen molar-refractivity contribution in [3.8, 4) is 0 Å². The minimum absolute atomic E-state index is 0.0276. The van der Waals surface area contributed by atoms with Crippen LogP contribution in [0.5, 0.6) is 0 Å². The molecule has 15 heavy (non-hydrogen) atoms. The van der Waals surface area contributed by atoms with E-state index >= 15 is 0 Å². The predicted octanol–water partition coefficient (Wildman–Crippen LogP) is 1.97. The number of hydroxylamine groups is 2. The van der Waals surface area contributed by atoms with Crippen LogP contribution >= 0.6 is 0 Å². The van der Waals surface area contributed by atoms with Gasteiger partial charge in [0.25, 0.3) is 0 Å². The molecule has 2 aliphatic heterocycles. The molecule has 2 saturated heterocycles. The molecule has 0 radical (unpaired) electrons. The van der Waals surface area contributed by atoms with Crippen LogP contribution < -0.4 is 0 Å². The Hall–Kier alpha value is -0.900. The van der Waals surface area contributed by atoms with E-state index < -0.39 is 0 Å². The fraction of sp³-hybridized carbons (Fsp3) is 0.500. The van der Waals surface area contributed by atoms with E-state index in [-0.39, 0.29) is 6.29 Å². The zero-order valence-corrected chi connectivity index (χ0v) is 8.80. The van der Waals surface area contributed by atoms with Gasteiger partial charge in [0, 0.05) is 13.0 Å². The number of fused-ring (bicyclic) bond motifs is 1. The summed E-state index contributed by atoms with van der Waals surface area (Å²) in [5, 5.41) is 1.93. The highest BCUT2D eigenvalue weighted by atomic mass is 16.8. The highest BCUT2D eigenvalue weighted by Gasteiger charge is 2.45. The summed E-state index contributed by atoms with van der Waals surface area (Å²) in [6.45, 7) is 0.826. The van der Waals surface area contributed by atoms with Crippen LogP contribution in [0.3, 0.4) is 0 Å². The lowest BCUT2D eigenvalue weighted by atomic mass is 9.92. The summed E-state index contributed by atoms with van der Waals surface area (Å²) in [5.74, 6) is 0.484. The smallest absolute Gasteiger partial charge is 0.182 e. The number of benzene rings is 1. The van der Waals surface area contributed by atoms with E-state index in [1.54, 1.807) is 0 Å². The van der Waals surface area contributed by atoms with Crippen LogP contribution in [-0.2, 0) is 9.57 Å². The monoisotopic (exact) mass is 205 g/mol. The zero-order chi connectivity index (χ0) is 10.3. The molecule has 1 aromatic carbocycles. The van der Waals surface area contributed by atoms with Crippen LogP contribution in [-0.4, -0.2) is 25.0 Å². The third-order valence-corrected chi connectivity index (χ3v) is 3.29. The van der Waals surface area contributed by atoms with Crippen LogP contribution in [0.4, 0.5) is 0 Å². The maximum Gasteiger partial charge on any atom is 0.182 e. The van der Waals surface area contributed by atoms with Crippen molar-refractivity contribution in [2.75, 3.05) is 13.7 Å². The largest absolute Gasteiger partial charge is 0.350 e. The quantitative estimate of drug-likeness (QED) is 0.699. The summed E-state index contributed by atoms with van der Waals surface area (Å²) >= 11 is 0. The van der Waals surface area contributed by atoms with Gasteiger partial charge in [-0.3, -0.25) is 4.84 Å². The minimum Gasteiger partial charge on any atom is -0.350 e. The molecule has 3 atom stereocenters. The Balaban J connectivity index is 1.91. The summed E-state index contributed by atoms with van der Waals surface area (Å²) in [7, 11) is 1.99. The molecule has 0 amide bonds. The molecule has 0 saturated carbocycles. The number of hydrogen-bond donors (Lipinski definition) is 0. The molecule has 3 nitrogen and oxygen atoms in total. The Bertz CT molecular complexity index is 341. The van der Waals surface area contributed by atoms with Gasteiger partial charge in [-0.15, -0.1) is 0 Å². The van der Waals surface area contributed by atoms with Gasteiger partial charge in [0.15, 0.2) is 6.29 Å². The van der Waals surface area contributed by atoms with Gasteiger partial charge in [-0.05, 0) is 12.0 Å². The lowest BCUT2D eigenvalue weighted by molar-refractivity contribution is -0.221. The molecule has 0 unspecified atom stereocenters. The van der Waals surface area contributed by atoms with Gasteiger partial charge in [-0.1, -0.05) is 30.3 Å². The summed E-state index contributed by atoms with van der Waals surface area (Å²) in [6, 6.07) is 10.9. The fourth-order valence-electron chi connectivity index (χ4n) is 2.60. The molecule has 2 fully saturated rings. The molecular weight excluding hydrogens is 190 g/mol. The first-order valence-corrected chi connectivity index (χ1v) is 5.42. The van der Waals surface area contributed by atoms with Crippen molar-refractivity contribution >= 4 is 0 Å². The van der Waals surface area contributed by atoms with Crippen LogP contribution in [0, 0.1) is 5.92 Å². The molecule has 0 spiro atoms. The van der Waals surface area contributed by atoms with E-state index in [2.05, 4.69) is 24.3 Å². The average molecular weight is 205 g/mol. The Morgan fingerprint density at radius 1 is 1.27 bits per heavy atom. The molecule has 1 aromatic rings. The summed E-state index contributed by atoms with van der Waals surface area (Å²) in [5.41, 5.74) is 1.32. The molecule has 2 heterocycles. The molecule has 0 N–H and O–H groups in total. The Kier molecular flexibility index (Phi) is 2.24. The molecule has 80 valence electrons. The van der Waals surface area contributed by atoms with Crippen molar-refractivity contribution in [3.05, 3.63) is 35.9 Å². The summed E-state index contributed by atoms with van der Waals surface area (Å²) in [4.78, 5) is 5.66. The summed E-state index contributed by atoms with van der Waals surface area (Å²) < 4.78 is 5.54. The van der Waals surface area contributed by atoms with Gasteiger partial charge in [0.2, 0.25) is 0 Å². The van der Waals surface area contributed by atoms with Crippen molar-refractivity contribution in [2.45, 2.75) is 18.8 Å². The Morgan fingerprint density at radius 2 is 2.07 bits per heavy atom. The third-order valence-electron chi connectivity index (χ3n) is 3.29. The van der Waals surface area contributed by atoms with Crippen LogP contribution in [0.15, 0.2) is 30.3 Å². The standard InChI is InChI=1S/C12H15NO2/c1-13-11(9-5-3-2-4-6-9)10-7-8-14-12(10)15-13/h2-6,10-12H,7-8H2,1H3/t10-,11-,12+/m1/s1. The molecule has 3 rings (SSSR count). The first-order chi connectivity index (χ1) is 7.36. The SMILES string of the molecule is CN1O[C@@H]2OCC[C@@H]2[C@H]1c1ccccc1. The highest BCUT2D eigenvalue weighted by Crippen LogP contribution is 2.43. The topological polar surface area (TPSA) is 21.7 Å². The van der Waals surface area contributed by atoms with Crippen molar-refractivity contribution < 1.29 is 9.57 Å². The van der Waals surface area contributed by atoms with Gasteiger partial charge in [-0.2, -0.15) is 5.06 Å². The van der Waals surface area contributed by atoms with E-state index in [9.17, 15) is 0 Å². The number of nitrogens with zero attached hydrogens (tertiary/aromatic N) is 1. The van der Waals surface area contributed by atoms with E-state index in [1.165, 1.54) is 5.56 Å². The maximum absolute atomic E-state index is 5.66. The number of ether oxygens (including phenoxy) is 1. The molecule has 0 bridgehead atoms. The zero-order valence-electron chi connectivity index (χ0n) is 8.80. The maximum atomic E-state index is 5.66. The molecule has 0 aliphatic carbocycles.